The summed E-state index contributed by atoms with van der Waals surface area (Å²) in [5.74, 6) is 2.51. The van der Waals surface area contributed by atoms with E-state index >= 15 is 0 Å². The molecule has 1 aliphatic heterocycles. The Morgan fingerprint density at radius 3 is 2.44 bits per heavy atom. The molecule has 2 fully saturated rings. The van der Waals surface area contributed by atoms with Gasteiger partial charge in [-0.05, 0) is 123 Å². The van der Waals surface area contributed by atoms with Gasteiger partial charge in [-0.15, -0.1) is 0 Å². The summed E-state index contributed by atoms with van der Waals surface area (Å²) in [7, 11) is 1.79. The molecule has 2 heteroatoms. The van der Waals surface area contributed by atoms with E-state index in [2.05, 4.69) is 73.4 Å². The standard InChI is InChI=1S/C34H47NO/c1-4-9-26(2)25-34(29-11-6-5-7-12-29)20-16-30(17-21-34)35-22-18-28(19-23-35)32-13-8-10-27-14-15-31(36-3)24-33(27)32/h5-7,11-15,24,26,28,30H,4,8-10,16-23,25H2,1-3H3. The Bertz CT molecular complexity index is 1010. The summed E-state index contributed by atoms with van der Waals surface area (Å²) in [4.78, 5) is 2.86. The van der Waals surface area contributed by atoms with Crippen LogP contribution in [-0.4, -0.2) is 31.1 Å². The van der Waals surface area contributed by atoms with Crippen LogP contribution in [0, 0.1) is 11.8 Å². The van der Waals surface area contributed by atoms with Crippen molar-refractivity contribution >= 4 is 5.57 Å². The highest BCUT2D eigenvalue weighted by Gasteiger charge is 2.40. The van der Waals surface area contributed by atoms with E-state index < -0.39 is 0 Å². The molecule has 2 aromatic rings. The van der Waals surface area contributed by atoms with Crippen molar-refractivity contribution in [2.75, 3.05) is 20.2 Å². The largest absolute Gasteiger partial charge is 0.497 e. The van der Waals surface area contributed by atoms with Gasteiger partial charge < -0.3 is 9.64 Å². The molecule has 2 aliphatic carbocycles. The highest BCUT2D eigenvalue weighted by Crippen LogP contribution is 2.46. The van der Waals surface area contributed by atoms with Gasteiger partial charge in [-0.25, -0.2) is 0 Å². The first-order valence-corrected chi connectivity index (χ1v) is 14.8. The molecule has 1 atom stereocenters. The minimum Gasteiger partial charge on any atom is -0.497 e. The lowest BCUT2D eigenvalue weighted by Crippen LogP contribution is -2.46. The lowest BCUT2D eigenvalue weighted by Gasteiger charge is -2.47. The Balaban J connectivity index is 1.21. The van der Waals surface area contributed by atoms with E-state index in [-0.39, 0.29) is 0 Å². The Morgan fingerprint density at radius 2 is 1.75 bits per heavy atom. The van der Waals surface area contributed by atoms with Crippen molar-refractivity contribution in [1.29, 1.82) is 0 Å². The zero-order valence-electron chi connectivity index (χ0n) is 23.0. The molecule has 1 saturated heterocycles. The molecular formula is C34H47NO. The SMILES string of the molecule is CCCC(C)CC1(c2ccccc2)CCC(N2CCC(C3=CCCc4ccc(OC)cc43)CC2)CC1. The van der Waals surface area contributed by atoms with Crippen molar-refractivity contribution < 1.29 is 4.74 Å². The van der Waals surface area contributed by atoms with Gasteiger partial charge in [0.2, 0.25) is 0 Å². The normalized spacial score (nSPS) is 26.2. The summed E-state index contributed by atoms with van der Waals surface area (Å²) in [5, 5.41) is 0. The second kappa shape index (κ2) is 11.5. The summed E-state index contributed by atoms with van der Waals surface area (Å²) in [6.45, 7) is 7.34. The quantitative estimate of drug-likeness (QED) is 0.372. The number of allylic oxidation sites excluding steroid dienone is 2. The van der Waals surface area contributed by atoms with Crippen LogP contribution >= 0.6 is 0 Å². The molecule has 0 radical (unpaired) electrons. The van der Waals surface area contributed by atoms with E-state index in [4.69, 9.17) is 4.74 Å². The number of ether oxygens (including phenoxy) is 1. The van der Waals surface area contributed by atoms with Gasteiger partial charge in [-0.2, -0.15) is 0 Å². The molecule has 0 spiro atoms. The predicted molar refractivity (Wildman–Crippen MR) is 153 cm³/mol. The maximum Gasteiger partial charge on any atom is 0.119 e. The Kier molecular flexibility index (Phi) is 8.21. The Hall–Kier alpha value is -2.06. The van der Waals surface area contributed by atoms with Crippen LogP contribution < -0.4 is 4.74 Å². The number of hydrogen-bond donors (Lipinski definition) is 0. The molecule has 1 heterocycles. The fourth-order valence-corrected chi connectivity index (χ4v) is 7.81. The number of piperidine rings is 1. The molecule has 1 unspecified atom stereocenters. The topological polar surface area (TPSA) is 12.5 Å². The van der Waals surface area contributed by atoms with Gasteiger partial charge in [-0.3, -0.25) is 0 Å². The monoisotopic (exact) mass is 485 g/mol. The van der Waals surface area contributed by atoms with Crippen LogP contribution in [0.15, 0.2) is 54.6 Å². The van der Waals surface area contributed by atoms with E-state index in [0.29, 0.717) is 11.3 Å². The van der Waals surface area contributed by atoms with E-state index in [1.807, 2.05) is 0 Å². The fraction of sp³-hybridized carbons (Fsp3) is 0.588. The first-order valence-electron chi connectivity index (χ1n) is 14.8. The third kappa shape index (κ3) is 5.44. The van der Waals surface area contributed by atoms with Gasteiger partial charge >= 0.3 is 0 Å². The third-order valence-corrected chi connectivity index (χ3v) is 9.71. The number of fused-ring (bicyclic) bond motifs is 1. The highest BCUT2D eigenvalue weighted by atomic mass is 16.5. The van der Waals surface area contributed by atoms with Crippen LogP contribution in [0.3, 0.4) is 0 Å². The second-order valence-corrected chi connectivity index (χ2v) is 12.0. The average molecular weight is 486 g/mol. The second-order valence-electron chi connectivity index (χ2n) is 12.0. The van der Waals surface area contributed by atoms with Crippen molar-refractivity contribution in [2.24, 2.45) is 11.8 Å². The number of aryl methyl sites for hydroxylation is 1. The van der Waals surface area contributed by atoms with Crippen LogP contribution in [0.1, 0.15) is 94.7 Å². The van der Waals surface area contributed by atoms with Gasteiger partial charge in [0.05, 0.1) is 7.11 Å². The molecule has 2 nitrogen and oxygen atoms in total. The molecule has 36 heavy (non-hydrogen) atoms. The minimum absolute atomic E-state index is 0.389. The lowest BCUT2D eigenvalue weighted by molar-refractivity contribution is 0.0875. The average Bonchev–Trinajstić information content (AvgIpc) is 2.93. The molecule has 0 amide bonds. The zero-order valence-corrected chi connectivity index (χ0v) is 23.0. The third-order valence-electron chi connectivity index (χ3n) is 9.71. The summed E-state index contributed by atoms with van der Waals surface area (Å²) in [6, 6.07) is 19.0. The zero-order chi connectivity index (χ0) is 25.0. The maximum absolute atomic E-state index is 5.56. The van der Waals surface area contributed by atoms with Crippen LogP contribution in [0.2, 0.25) is 0 Å². The highest BCUT2D eigenvalue weighted by molar-refractivity contribution is 5.73. The number of hydrogen-bond acceptors (Lipinski definition) is 2. The number of nitrogens with zero attached hydrogens (tertiary/aromatic N) is 1. The molecule has 0 bridgehead atoms. The van der Waals surface area contributed by atoms with Crippen LogP contribution in [0.5, 0.6) is 5.75 Å². The lowest BCUT2D eigenvalue weighted by atomic mass is 9.63. The van der Waals surface area contributed by atoms with Crippen molar-refractivity contribution in [3.63, 3.8) is 0 Å². The molecule has 194 valence electrons. The molecular weight excluding hydrogens is 438 g/mol. The van der Waals surface area contributed by atoms with Gasteiger partial charge in [0.25, 0.3) is 0 Å². The van der Waals surface area contributed by atoms with Gasteiger partial charge in [0.15, 0.2) is 0 Å². The number of rotatable bonds is 8. The smallest absolute Gasteiger partial charge is 0.119 e. The van der Waals surface area contributed by atoms with Crippen LogP contribution in [-0.2, 0) is 11.8 Å². The van der Waals surface area contributed by atoms with Crippen molar-refractivity contribution in [3.05, 3.63) is 71.3 Å². The summed E-state index contributed by atoms with van der Waals surface area (Å²) >= 11 is 0. The van der Waals surface area contributed by atoms with E-state index in [1.165, 1.54) is 94.8 Å². The van der Waals surface area contributed by atoms with Gasteiger partial charge in [0, 0.05) is 6.04 Å². The van der Waals surface area contributed by atoms with Crippen LogP contribution in [0.4, 0.5) is 0 Å². The molecule has 3 aliphatic rings. The fourth-order valence-electron chi connectivity index (χ4n) is 7.81. The Morgan fingerprint density at radius 1 is 1.00 bits per heavy atom. The maximum atomic E-state index is 5.56. The van der Waals surface area contributed by atoms with Crippen LogP contribution in [0.25, 0.3) is 5.57 Å². The molecule has 5 rings (SSSR count). The molecule has 0 N–H and O–H groups in total. The Labute approximate surface area is 220 Å². The van der Waals surface area contributed by atoms with E-state index in [9.17, 15) is 0 Å². The van der Waals surface area contributed by atoms with E-state index in [1.54, 1.807) is 18.2 Å². The van der Waals surface area contributed by atoms with Gasteiger partial charge in [-0.1, -0.05) is 69.2 Å². The van der Waals surface area contributed by atoms with Crippen molar-refractivity contribution in [2.45, 2.75) is 95.9 Å². The predicted octanol–water partition coefficient (Wildman–Crippen LogP) is 8.44. The molecule has 1 saturated carbocycles. The first kappa shape index (κ1) is 25.6. The summed E-state index contributed by atoms with van der Waals surface area (Å²) in [5.41, 5.74) is 6.57. The van der Waals surface area contributed by atoms with E-state index in [0.717, 1.165) is 17.7 Å². The molecule has 2 aromatic carbocycles. The van der Waals surface area contributed by atoms with Crippen molar-refractivity contribution in [3.8, 4) is 5.75 Å². The minimum atomic E-state index is 0.389. The number of benzene rings is 2. The number of likely N-dealkylation sites (tertiary alicyclic amines) is 1. The summed E-state index contributed by atoms with van der Waals surface area (Å²) < 4.78 is 5.56. The molecule has 0 aromatic heterocycles. The van der Waals surface area contributed by atoms with Crippen molar-refractivity contribution in [1.82, 2.24) is 4.90 Å². The summed E-state index contributed by atoms with van der Waals surface area (Å²) in [6.07, 6.45) is 17.0. The van der Waals surface area contributed by atoms with Gasteiger partial charge in [0.1, 0.15) is 5.75 Å². The number of methoxy groups -OCH3 is 1. The first-order chi connectivity index (χ1) is 17.6.